The van der Waals surface area contributed by atoms with Crippen LogP contribution in [-0.4, -0.2) is 18.4 Å². The zero-order valence-electron chi connectivity index (χ0n) is 16.6. The highest BCUT2D eigenvalue weighted by molar-refractivity contribution is 6.31. The highest BCUT2D eigenvalue weighted by atomic mass is 35.5. The molecular formula is C24H17ClFN3O3. The Kier molecular flexibility index (Phi) is 7.57. The average Bonchev–Trinajstić information content (AvgIpc) is 2.78. The zero-order chi connectivity index (χ0) is 22.9. The van der Waals surface area contributed by atoms with Gasteiger partial charge >= 0.3 is 0 Å². The number of nitriles is 1. The Bertz CT molecular complexity index is 1190. The molecule has 160 valence electrons. The SMILES string of the molecule is N#C/C(=C\c1ccc(OCC(=O)Nc2ccc(F)cc2)cc1)C(=O)Nc1cccc(Cl)c1. The first kappa shape index (κ1) is 22.5. The molecule has 32 heavy (non-hydrogen) atoms. The maximum absolute atomic E-state index is 12.9. The third kappa shape index (κ3) is 6.69. The number of anilines is 2. The van der Waals surface area contributed by atoms with Crippen LogP contribution in [0.2, 0.25) is 5.02 Å². The van der Waals surface area contributed by atoms with E-state index in [1.54, 1.807) is 48.5 Å². The molecule has 8 heteroatoms. The lowest BCUT2D eigenvalue weighted by Crippen LogP contribution is -2.20. The van der Waals surface area contributed by atoms with Crippen molar-refractivity contribution in [3.8, 4) is 11.8 Å². The lowest BCUT2D eigenvalue weighted by atomic mass is 10.1. The van der Waals surface area contributed by atoms with E-state index in [2.05, 4.69) is 10.6 Å². The van der Waals surface area contributed by atoms with Crippen molar-refractivity contribution in [1.82, 2.24) is 0 Å². The van der Waals surface area contributed by atoms with Crippen LogP contribution in [-0.2, 0) is 9.59 Å². The van der Waals surface area contributed by atoms with E-state index in [1.165, 1.54) is 30.3 Å². The molecule has 2 N–H and O–H groups in total. The van der Waals surface area contributed by atoms with Gasteiger partial charge < -0.3 is 15.4 Å². The van der Waals surface area contributed by atoms with Gasteiger partial charge in [0, 0.05) is 16.4 Å². The Morgan fingerprint density at radius 1 is 1.00 bits per heavy atom. The molecule has 0 heterocycles. The third-order valence-electron chi connectivity index (χ3n) is 4.14. The average molecular weight is 450 g/mol. The highest BCUT2D eigenvalue weighted by Gasteiger charge is 2.10. The van der Waals surface area contributed by atoms with E-state index in [4.69, 9.17) is 16.3 Å². The van der Waals surface area contributed by atoms with Crippen LogP contribution in [0.25, 0.3) is 6.08 Å². The topological polar surface area (TPSA) is 91.2 Å². The molecule has 0 unspecified atom stereocenters. The normalized spacial score (nSPS) is 10.7. The van der Waals surface area contributed by atoms with Gasteiger partial charge in [0.1, 0.15) is 23.2 Å². The van der Waals surface area contributed by atoms with Crippen LogP contribution in [0.15, 0.2) is 78.4 Å². The number of amides is 2. The van der Waals surface area contributed by atoms with Crippen LogP contribution in [0.4, 0.5) is 15.8 Å². The number of carbonyl (C=O) groups excluding carboxylic acids is 2. The third-order valence-corrected chi connectivity index (χ3v) is 4.37. The molecule has 6 nitrogen and oxygen atoms in total. The molecule has 0 saturated heterocycles. The Labute approximate surface area is 188 Å². The molecule has 0 aromatic heterocycles. The van der Waals surface area contributed by atoms with Gasteiger partial charge in [0.05, 0.1) is 0 Å². The molecule has 0 aliphatic heterocycles. The van der Waals surface area contributed by atoms with Crippen LogP contribution < -0.4 is 15.4 Å². The first-order valence-electron chi connectivity index (χ1n) is 9.40. The maximum Gasteiger partial charge on any atom is 0.266 e. The van der Waals surface area contributed by atoms with Crippen LogP contribution in [0.5, 0.6) is 5.75 Å². The molecule has 3 aromatic rings. The molecule has 0 saturated carbocycles. The summed E-state index contributed by atoms with van der Waals surface area (Å²) in [4.78, 5) is 24.3. The number of benzene rings is 3. The van der Waals surface area contributed by atoms with Crippen LogP contribution in [0, 0.1) is 17.1 Å². The van der Waals surface area contributed by atoms with Gasteiger partial charge in [-0.05, 0) is 66.2 Å². The van der Waals surface area contributed by atoms with E-state index in [0.29, 0.717) is 27.7 Å². The molecule has 0 fully saturated rings. The van der Waals surface area contributed by atoms with Crippen LogP contribution in [0.1, 0.15) is 5.56 Å². The minimum Gasteiger partial charge on any atom is -0.484 e. The predicted molar refractivity (Wildman–Crippen MR) is 121 cm³/mol. The first-order valence-corrected chi connectivity index (χ1v) is 9.78. The van der Waals surface area contributed by atoms with E-state index >= 15 is 0 Å². The van der Waals surface area contributed by atoms with Crippen LogP contribution >= 0.6 is 11.6 Å². The number of halogens is 2. The first-order chi connectivity index (χ1) is 15.4. The lowest BCUT2D eigenvalue weighted by molar-refractivity contribution is -0.118. The largest absolute Gasteiger partial charge is 0.484 e. The van der Waals surface area contributed by atoms with Crippen molar-refractivity contribution in [2.75, 3.05) is 17.2 Å². The summed E-state index contributed by atoms with van der Waals surface area (Å²) >= 11 is 5.90. The van der Waals surface area contributed by atoms with Gasteiger partial charge in [-0.15, -0.1) is 0 Å². The number of ether oxygens (including phenoxy) is 1. The quantitative estimate of drug-likeness (QED) is 0.390. The Hall–Kier alpha value is -4.15. The summed E-state index contributed by atoms with van der Waals surface area (Å²) in [7, 11) is 0. The summed E-state index contributed by atoms with van der Waals surface area (Å²) < 4.78 is 18.3. The summed E-state index contributed by atoms with van der Waals surface area (Å²) in [5, 5.41) is 15.0. The van der Waals surface area contributed by atoms with Gasteiger partial charge in [0.15, 0.2) is 6.61 Å². The minimum absolute atomic E-state index is 0.0858. The number of nitrogens with one attached hydrogen (secondary N) is 2. The van der Waals surface area contributed by atoms with Crippen molar-refractivity contribution >= 4 is 40.9 Å². The molecular weight excluding hydrogens is 433 g/mol. The van der Waals surface area contributed by atoms with Crippen molar-refractivity contribution in [2.45, 2.75) is 0 Å². The maximum atomic E-state index is 12.9. The van der Waals surface area contributed by atoms with E-state index in [0.717, 1.165) is 0 Å². The lowest BCUT2D eigenvalue weighted by Gasteiger charge is -2.08. The van der Waals surface area contributed by atoms with E-state index < -0.39 is 17.6 Å². The fraction of sp³-hybridized carbons (Fsp3) is 0.0417. The molecule has 0 spiro atoms. The molecule has 3 aromatic carbocycles. The molecule has 0 atom stereocenters. The molecule has 0 aliphatic carbocycles. The highest BCUT2D eigenvalue weighted by Crippen LogP contribution is 2.18. The monoisotopic (exact) mass is 449 g/mol. The van der Waals surface area contributed by atoms with Crippen molar-refractivity contribution in [3.05, 3.63) is 94.8 Å². The van der Waals surface area contributed by atoms with Crippen molar-refractivity contribution < 1.29 is 18.7 Å². The van der Waals surface area contributed by atoms with Gasteiger partial charge in [0.25, 0.3) is 11.8 Å². The Morgan fingerprint density at radius 2 is 1.72 bits per heavy atom. The number of hydrogen-bond acceptors (Lipinski definition) is 4. The van der Waals surface area contributed by atoms with Crippen molar-refractivity contribution in [3.63, 3.8) is 0 Å². The Balaban J connectivity index is 1.57. The predicted octanol–water partition coefficient (Wildman–Crippen LogP) is 5.04. The summed E-state index contributed by atoms with van der Waals surface area (Å²) in [6, 6.07) is 20.4. The second-order valence-corrected chi connectivity index (χ2v) is 6.98. The fourth-order valence-electron chi connectivity index (χ4n) is 2.62. The number of hydrogen-bond donors (Lipinski definition) is 2. The number of nitrogens with zero attached hydrogens (tertiary/aromatic N) is 1. The number of rotatable bonds is 7. The number of carbonyl (C=O) groups is 2. The summed E-state index contributed by atoms with van der Waals surface area (Å²) in [6.45, 7) is -0.238. The van der Waals surface area contributed by atoms with Gasteiger partial charge in [-0.2, -0.15) is 5.26 Å². The van der Waals surface area contributed by atoms with Gasteiger partial charge in [0.2, 0.25) is 0 Å². The van der Waals surface area contributed by atoms with Gasteiger partial charge in [-0.1, -0.05) is 29.8 Å². The molecule has 3 rings (SSSR count). The van der Waals surface area contributed by atoms with Crippen molar-refractivity contribution in [2.24, 2.45) is 0 Å². The van der Waals surface area contributed by atoms with Gasteiger partial charge in [-0.3, -0.25) is 9.59 Å². The van der Waals surface area contributed by atoms with E-state index in [-0.39, 0.29) is 12.2 Å². The zero-order valence-corrected chi connectivity index (χ0v) is 17.4. The fourth-order valence-corrected chi connectivity index (χ4v) is 2.81. The molecule has 0 bridgehead atoms. The summed E-state index contributed by atoms with van der Waals surface area (Å²) in [5.74, 6) is -0.925. The smallest absolute Gasteiger partial charge is 0.266 e. The van der Waals surface area contributed by atoms with Crippen molar-refractivity contribution in [1.29, 1.82) is 5.26 Å². The van der Waals surface area contributed by atoms with Crippen LogP contribution in [0.3, 0.4) is 0 Å². The second-order valence-electron chi connectivity index (χ2n) is 6.55. The minimum atomic E-state index is -0.562. The summed E-state index contributed by atoms with van der Waals surface area (Å²) in [5.41, 5.74) is 1.45. The molecule has 0 radical (unpaired) electrons. The van der Waals surface area contributed by atoms with E-state index in [1.807, 2.05) is 6.07 Å². The summed E-state index contributed by atoms with van der Waals surface area (Å²) in [6.07, 6.45) is 1.44. The Morgan fingerprint density at radius 3 is 2.38 bits per heavy atom. The van der Waals surface area contributed by atoms with Gasteiger partial charge in [-0.25, -0.2) is 4.39 Å². The standard InChI is InChI=1S/C24H17ClFN3O3/c25-18-2-1-3-21(13-18)29-24(31)17(14-27)12-16-4-10-22(11-5-16)32-15-23(30)28-20-8-6-19(26)7-9-20/h1-13H,15H2,(H,28,30)(H,29,31)/b17-12+. The molecule has 0 aliphatic rings. The second kappa shape index (κ2) is 10.8. The van der Waals surface area contributed by atoms with E-state index in [9.17, 15) is 19.2 Å². The molecule has 2 amide bonds.